The van der Waals surface area contributed by atoms with Crippen LogP contribution in [0.15, 0.2) is 334 Å². The van der Waals surface area contributed by atoms with Gasteiger partial charge in [0, 0.05) is 32.2 Å². The molecule has 2 atom stereocenters. The summed E-state index contributed by atoms with van der Waals surface area (Å²) in [6.07, 6.45) is 3.99. The third-order valence-corrected chi connectivity index (χ3v) is 15.5. The summed E-state index contributed by atoms with van der Waals surface area (Å²) in [5, 5.41) is 18.5. The van der Waals surface area contributed by atoms with Crippen molar-refractivity contribution in [3.63, 3.8) is 0 Å². The molecule has 0 spiro atoms. The fraction of sp³-hybridized carbons (Fsp3) is 0.168. The maximum atomic E-state index is 5.28. The molecular formula is C95H106N6Zr2. The Labute approximate surface area is 659 Å². The van der Waals surface area contributed by atoms with Crippen molar-refractivity contribution in [2.75, 3.05) is 5.32 Å². The van der Waals surface area contributed by atoms with Crippen LogP contribution in [0.5, 0.6) is 0 Å². The smallest absolute Gasteiger partial charge is 0.673 e. The maximum Gasteiger partial charge on any atom is 4.00 e. The number of rotatable bonds is 12. The molecule has 0 amide bonds. The third-order valence-electron chi connectivity index (χ3n) is 15.5. The van der Waals surface area contributed by atoms with Crippen LogP contribution < -0.4 is 5.32 Å². The average molecular weight is 1510 g/mol. The minimum atomic E-state index is -0.102. The van der Waals surface area contributed by atoms with E-state index in [0.717, 1.165) is 56.0 Å². The molecule has 11 aromatic carbocycles. The van der Waals surface area contributed by atoms with Gasteiger partial charge in [-0.3, -0.25) is 9.36 Å². The minimum Gasteiger partial charge on any atom is -0.673 e. The number of nitrogens with zero attached hydrogens (tertiary/aromatic N) is 5. The molecule has 0 aliphatic heterocycles. The van der Waals surface area contributed by atoms with E-state index in [1.54, 1.807) is 0 Å². The fourth-order valence-electron chi connectivity index (χ4n) is 10.1. The molecule has 0 saturated heterocycles. The molecule has 2 aromatic heterocycles. The molecule has 0 aliphatic rings. The number of aryl methyl sites for hydroxylation is 2. The first-order valence-corrected chi connectivity index (χ1v) is 34.6. The van der Waals surface area contributed by atoms with Crippen molar-refractivity contribution in [1.82, 2.24) is 19.6 Å². The molecule has 524 valence electrons. The van der Waals surface area contributed by atoms with E-state index in [9.17, 15) is 0 Å². The van der Waals surface area contributed by atoms with E-state index in [1.807, 2.05) is 254 Å². The summed E-state index contributed by atoms with van der Waals surface area (Å²) in [7, 11) is 3.92. The summed E-state index contributed by atoms with van der Waals surface area (Å²) in [4.78, 5) is 0. The van der Waals surface area contributed by atoms with Crippen molar-refractivity contribution in [2.24, 2.45) is 14.1 Å². The van der Waals surface area contributed by atoms with Crippen molar-refractivity contribution >= 4 is 11.4 Å². The first kappa shape index (κ1) is 87.5. The van der Waals surface area contributed by atoms with Gasteiger partial charge in [0.25, 0.3) is 0 Å². The molecule has 2 heterocycles. The van der Waals surface area contributed by atoms with E-state index in [-0.39, 0.29) is 64.5 Å². The summed E-state index contributed by atoms with van der Waals surface area (Å²) >= 11 is 0. The number of para-hydroxylation sites is 2. The average Bonchev–Trinajstić information content (AvgIpc) is 1.71. The summed E-state index contributed by atoms with van der Waals surface area (Å²) < 4.78 is 3.71. The second-order valence-electron chi connectivity index (χ2n) is 25.4. The number of anilines is 1. The largest absolute Gasteiger partial charge is 4.00 e. The van der Waals surface area contributed by atoms with Crippen LogP contribution >= 0.6 is 0 Å². The van der Waals surface area contributed by atoms with Crippen LogP contribution in [0.25, 0.3) is 5.32 Å². The Kier molecular flexibility index (Phi) is 42.3. The molecule has 0 radical (unpaired) electrons. The van der Waals surface area contributed by atoms with Gasteiger partial charge >= 0.3 is 52.4 Å². The van der Waals surface area contributed by atoms with Gasteiger partial charge in [0.1, 0.15) is 0 Å². The zero-order valence-corrected chi connectivity index (χ0v) is 67.3. The van der Waals surface area contributed by atoms with Gasteiger partial charge in [0.2, 0.25) is 0 Å². The van der Waals surface area contributed by atoms with Gasteiger partial charge in [0.05, 0.1) is 17.4 Å². The van der Waals surface area contributed by atoms with Gasteiger partial charge in [-0.25, -0.2) is 0 Å². The van der Waals surface area contributed by atoms with Crippen molar-refractivity contribution < 1.29 is 52.4 Å². The van der Waals surface area contributed by atoms with E-state index in [2.05, 4.69) is 222 Å². The summed E-state index contributed by atoms with van der Waals surface area (Å²) in [5.74, 6) is 1.76. The van der Waals surface area contributed by atoms with Crippen LogP contribution in [0.4, 0.5) is 11.4 Å². The predicted octanol–water partition coefficient (Wildman–Crippen LogP) is 25.4. The standard InChI is InChI=1S/C23H29N3.C23H28N3.7C7H7.2Zr/c2*1-16(2)19-12-9-13-20(17(3)4)23(19)24-22(18-10-7-6-8-11-18)21-14-15-26(5)25-21;7*1-7-5-3-2-4-6-7;;/h6-17,22,24H,1-5H3;6-17,22H,1-5H3;7*2-6H,1H2;;/q;8*-1;2*+4. The molecule has 0 fully saturated rings. The fourth-order valence-corrected chi connectivity index (χ4v) is 10.1. The molecule has 6 nitrogen and oxygen atoms in total. The third kappa shape index (κ3) is 34.2. The van der Waals surface area contributed by atoms with Crippen molar-refractivity contribution in [3.8, 4) is 0 Å². The Morgan fingerprint density at radius 3 is 0.738 bits per heavy atom. The Morgan fingerprint density at radius 2 is 0.515 bits per heavy atom. The number of hydrogen-bond donors (Lipinski definition) is 1. The molecule has 0 aliphatic carbocycles. The van der Waals surface area contributed by atoms with Crippen LogP contribution in [-0.2, 0) is 66.5 Å². The first-order valence-electron chi connectivity index (χ1n) is 34.6. The molecule has 1 N–H and O–H groups in total. The molecule has 13 rings (SSSR count). The van der Waals surface area contributed by atoms with Crippen molar-refractivity contribution in [3.05, 3.63) is 471 Å². The van der Waals surface area contributed by atoms with E-state index in [4.69, 9.17) is 5.32 Å². The van der Waals surface area contributed by atoms with Crippen LogP contribution in [0, 0.1) is 48.5 Å². The second-order valence-corrected chi connectivity index (χ2v) is 25.4. The number of hydrogen-bond acceptors (Lipinski definition) is 3. The minimum absolute atomic E-state index is 0. The van der Waals surface area contributed by atoms with Gasteiger partial charge in [-0.2, -0.15) is 183 Å². The first-order chi connectivity index (χ1) is 48.7. The second kappa shape index (κ2) is 49.8. The number of aromatic nitrogens is 4. The van der Waals surface area contributed by atoms with Crippen LogP contribution in [-0.4, -0.2) is 19.6 Å². The zero-order chi connectivity index (χ0) is 73.2. The molecular weight excluding hydrogens is 1410 g/mol. The van der Waals surface area contributed by atoms with E-state index < -0.39 is 0 Å². The van der Waals surface area contributed by atoms with Gasteiger partial charge in [0.15, 0.2) is 0 Å². The van der Waals surface area contributed by atoms with E-state index in [0.29, 0.717) is 23.7 Å². The molecule has 13 aromatic rings. The quantitative estimate of drug-likeness (QED) is 0.124. The predicted molar refractivity (Wildman–Crippen MR) is 435 cm³/mol. The molecule has 0 saturated carbocycles. The molecule has 2 unspecified atom stereocenters. The Balaban J connectivity index is 0.000000325. The van der Waals surface area contributed by atoms with Gasteiger partial charge in [-0.15, -0.1) is 90.6 Å². The Bertz CT molecular complexity index is 3640. The van der Waals surface area contributed by atoms with Crippen LogP contribution in [0.2, 0.25) is 0 Å². The number of benzene rings is 11. The molecule has 103 heavy (non-hydrogen) atoms. The summed E-state index contributed by atoms with van der Waals surface area (Å²) in [6, 6.07) is 107. The Hall–Kier alpha value is -9.70. The van der Waals surface area contributed by atoms with Crippen LogP contribution in [0.1, 0.15) is 175 Å². The normalized spacial score (nSPS) is 10.4. The van der Waals surface area contributed by atoms with E-state index in [1.165, 1.54) is 39.1 Å². The monoisotopic (exact) mass is 1510 g/mol. The summed E-state index contributed by atoms with van der Waals surface area (Å²) in [6.45, 7) is 44.0. The Morgan fingerprint density at radius 1 is 0.282 bits per heavy atom. The topological polar surface area (TPSA) is 61.8 Å². The summed E-state index contributed by atoms with van der Waals surface area (Å²) in [5.41, 5.74) is 19.6. The van der Waals surface area contributed by atoms with Gasteiger partial charge in [-0.1, -0.05) is 212 Å². The SMILES string of the molecule is CC(C)c1cccc(C(C)C)c1NC(c1ccccc1)c1ccn(C)n1.CC(C)c1cccc(C(C)C)c1[N-]C(c1ccccc1)c1ccn(C)n1.[CH2-]c1ccccc1.[CH2-]c1ccccc1.[CH2-]c1ccccc1.[CH2-]c1ccccc1.[CH2-]c1ccccc1.[CH2-]c1ccccc1.[CH2-]c1ccccc1.[Zr+4].[Zr+4]. The number of nitrogens with one attached hydrogen (secondary N) is 1. The van der Waals surface area contributed by atoms with Crippen molar-refractivity contribution in [1.29, 1.82) is 0 Å². The van der Waals surface area contributed by atoms with E-state index >= 15 is 0 Å². The molecule has 0 bridgehead atoms. The molecule has 8 heteroatoms. The van der Waals surface area contributed by atoms with Crippen LogP contribution in [0.3, 0.4) is 0 Å². The van der Waals surface area contributed by atoms with Gasteiger partial charge in [-0.05, 0) is 58.5 Å². The van der Waals surface area contributed by atoms with Gasteiger partial charge < -0.3 is 10.6 Å². The van der Waals surface area contributed by atoms with Crippen molar-refractivity contribution in [2.45, 2.75) is 91.1 Å². The zero-order valence-electron chi connectivity index (χ0n) is 62.4. The maximum absolute atomic E-state index is 5.28.